The number of hydrogen-bond acceptors (Lipinski definition) is 6. The second-order valence-corrected chi connectivity index (χ2v) is 9.77. The van der Waals surface area contributed by atoms with E-state index in [0.29, 0.717) is 34.8 Å². The molecule has 0 aliphatic heterocycles. The van der Waals surface area contributed by atoms with Gasteiger partial charge in [-0.3, -0.25) is 10.3 Å². The van der Waals surface area contributed by atoms with Gasteiger partial charge in [-0.25, -0.2) is 9.78 Å². The van der Waals surface area contributed by atoms with Crippen LogP contribution in [0.1, 0.15) is 50.6 Å². The Labute approximate surface area is 214 Å². The van der Waals surface area contributed by atoms with Gasteiger partial charge < -0.3 is 14.0 Å². The molecule has 2 aromatic carbocycles. The van der Waals surface area contributed by atoms with Crippen LogP contribution < -0.4 is 10.1 Å². The fraction of sp³-hybridized carbons (Fsp3) is 0.310. The first kappa shape index (κ1) is 23.0. The van der Waals surface area contributed by atoms with E-state index >= 15 is 0 Å². The van der Waals surface area contributed by atoms with E-state index in [0.717, 1.165) is 54.3 Å². The van der Waals surface area contributed by atoms with Gasteiger partial charge in [0.05, 0.1) is 23.0 Å². The maximum absolute atomic E-state index is 12.3. The molecule has 2 aliphatic rings. The summed E-state index contributed by atoms with van der Waals surface area (Å²) in [6.45, 7) is 1.94. The molecule has 0 unspecified atom stereocenters. The van der Waals surface area contributed by atoms with Gasteiger partial charge in [0.2, 0.25) is 5.88 Å². The summed E-state index contributed by atoms with van der Waals surface area (Å²) in [4.78, 5) is 20.5. The average Bonchev–Trinajstić information content (AvgIpc) is 3.68. The van der Waals surface area contributed by atoms with E-state index in [4.69, 9.17) is 9.47 Å². The zero-order valence-corrected chi connectivity index (χ0v) is 20.6. The molecule has 0 saturated heterocycles. The molecule has 4 aromatic rings. The Morgan fingerprint density at radius 1 is 1.14 bits per heavy atom. The fourth-order valence-corrected chi connectivity index (χ4v) is 4.92. The lowest BCUT2D eigenvalue weighted by Gasteiger charge is -2.30. The van der Waals surface area contributed by atoms with Gasteiger partial charge in [0.25, 0.3) is 0 Å². The van der Waals surface area contributed by atoms with Crippen molar-refractivity contribution in [3.8, 4) is 29.0 Å². The van der Waals surface area contributed by atoms with Gasteiger partial charge in [-0.15, -0.1) is 0 Å². The molecular formula is C29H27N5O3. The summed E-state index contributed by atoms with van der Waals surface area (Å²) in [6.07, 6.45) is 9.75. The van der Waals surface area contributed by atoms with Gasteiger partial charge in [-0.2, -0.15) is 5.26 Å². The molecule has 1 amide bonds. The van der Waals surface area contributed by atoms with Crippen LogP contribution in [0.3, 0.4) is 0 Å². The Morgan fingerprint density at radius 3 is 2.59 bits per heavy atom. The van der Waals surface area contributed by atoms with E-state index in [-0.39, 0.29) is 6.10 Å². The molecule has 0 radical (unpaired) electrons. The average molecular weight is 494 g/mol. The third kappa shape index (κ3) is 4.60. The van der Waals surface area contributed by atoms with Crippen molar-refractivity contribution >= 4 is 22.7 Å². The first-order valence-corrected chi connectivity index (χ1v) is 12.7. The predicted octanol–water partition coefficient (Wildman–Crippen LogP) is 6.83. The molecule has 2 saturated carbocycles. The number of nitrogens with one attached hydrogen (secondary N) is 1. The molecular weight excluding hydrogens is 466 g/mol. The number of anilines is 1. The summed E-state index contributed by atoms with van der Waals surface area (Å²) < 4.78 is 13.7. The van der Waals surface area contributed by atoms with Crippen molar-refractivity contribution < 1.29 is 14.3 Å². The highest BCUT2D eigenvalue weighted by atomic mass is 16.6. The van der Waals surface area contributed by atoms with Gasteiger partial charge >= 0.3 is 6.09 Å². The highest BCUT2D eigenvalue weighted by Gasteiger charge is 2.31. The van der Waals surface area contributed by atoms with Gasteiger partial charge in [0, 0.05) is 35.6 Å². The highest BCUT2D eigenvalue weighted by Crippen LogP contribution is 2.43. The summed E-state index contributed by atoms with van der Waals surface area (Å²) in [5.74, 6) is 1.54. The number of rotatable bonds is 7. The number of nitriles is 1. The lowest BCUT2D eigenvalue weighted by molar-refractivity contribution is 0.108. The molecule has 0 bridgehead atoms. The van der Waals surface area contributed by atoms with Crippen LogP contribution in [0.15, 0.2) is 61.1 Å². The number of nitrogens with zero attached hydrogens (tertiary/aromatic N) is 4. The lowest BCUT2D eigenvalue weighted by atomic mass is 9.92. The first-order chi connectivity index (χ1) is 18.1. The maximum Gasteiger partial charge on any atom is 0.411 e. The van der Waals surface area contributed by atoms with Crippen LogP contribution in [-0.4, -0.2) is 26.7 Å². The fourth-order valence-electron chi connectivity index (χ4n) is 4.92. The third-order valence-corrected chi connectivity index (χ3v) is 7.27. The quantitative estimate of drug-likeness (QED) is 0.303. The Hall–Kier alpha value is -4.38. The topological polar surface area (TPSA) is 102 Å². The van der Waals surface area contributed by atoms with Crippen molar-refractivity contribution in [2.75, 3.05) is 5.32 Å². The van der Waals surface area contributed by atoms with E-state index in [9.17, 15) is 10.1 Å². The zero-order chi connectivity index (χ0) is 25.4. The Balaban J connectivity index is 1.33. The van der Waals surface area contributed by atoms with Crippen molar-refractivity contribution in [3.63, 3.8) is 0 Å². The van der Waals surface area contributed by atoms with Crippen LogP contribution >= 0.6 is 0 Å². The summed E-state index contributed by atoms with van der Waals surface area (Å²) in [7, 11) is 0. The number of ether oxygens (including phenoxy) is 2. The minimum Gasteiger partial charge on any atom is -0.446 e. The molecule has 2 aliphatic carbocycles. The van der Waals surface area contributed by atoms with E-state index in [2.05, 4.69) is 25.9 Å². The van der Waals surface area contributed by atoms with E-state index in [1.54, 1.807) is 18.6 Å². The van der Waals surface area contributed by atoms with Gasteiger partial charge in [-0.05, 0) is 74.8 Å². The smallest absolute Gasteiger partial charge is 0.411 e. The van der Waals surface area contributed by atoms with Gasteiger partial charge in [-0.1, -0.05) is 12.1 Å². The minimum absolute atomic E-state index is 0.0709. The van der Waals surface area contributed by atoms with Crippen molar-refractivity contribution in [1.29, 1.82) is 5.26 Å². The molecule has 8 heteroatoms. The summed E-state index contributed by atoms with van der Waals surface area (Å²) in [5, 5.41) is 13.9. The number of benzene rings is 2. The number of aromatic nitrogens is 3. The minimum atomic E-state index is -0.441. The zero-order valence-electron chi connectivity index (χ0n) is 20.6. The molecule has 186 valence electrons. The monoisotopic (exact) mass is 493 g/mol. The van der Waals surface area contributed by atoms with Crippen LogP contribution in [0.4, 0.5) is 10.5 Å². The molecule has 2 aromatic heterocycles. The summed E-state index contributed by atoms with van der Waals surface area (Å²) in [5.41, 5.74) is 4.04. The molecule has 8 nitrogen and oxygen atoms in total. The number of carbonyl (C=O) groups is 1. The van der Waals surface area contributed by atoms with E-state index in [1.807, 2.05) is 49.4 Å². The molecule has 2 heterocycles. The second kappa shape index (κ2) is 9.58. The predicted molar refractivity (Wildman–Crippen MR) is 139 cm³/mol. The number of amides is 1. The first-order valence-electron chi connectivity index (χ1n) is 12.7. The molecule has 6 rings (SSSR count). The summed E-state index contributed by atoms with van der Waals surface area (Å²) >= 11 is 0. The second-order valence-electron chi connectivity index (χ2n) is 9.77. The summed E-state index contributed by atoms with van der Waals surface area (Å²) in [6, 6.07) is 16.1. The Kier molecular flexibility index (Phi) is 5.97. The normalized spacial score (nSPS) is 16.0. The SMILES string of the molecule is C[C@@H](OC(=O)Nc1ccc(-c2c(C#N)c3ccc(Oc4cnccn4)cc3n2C2CCC2)cc1)C1CC1. The van der Waals surface area contributed by atoms with E-state index in [1.165, 1.54) is 0 Å². The Morgan fingerprint density at radius 2 is 1.95 bits per heavy atom. The molecule has 1 atom stereocenters. The maximum atomic E-state index is 12.3. The number of fused-ring (bicyclic) bond motifs is 1. The number of carbonyl (C=O) groups excluding carboxylic acids is 1. The third-order valence-electron chi connectivity index (χ3n) is 7.27. The highest BCUT2D eigenvalue weighted by molar-refractivity contribution is 5.96. The molecule has 37 heavy (non-hydrogen) atoms. The van der Waals surface area contributed by atoms with Crippen LogP contribution in [0.25, 0.3) is 22.2 Å². The van der Waals surface area contributed by atoms with Crippen LogP contribution in [-0.2, 0) is 4.74 Å². The molecule has 2 fully saturated rings. The van der Waals surface area contributed by atoms with Crippen molar-refractivity contribution in [3.05, 3.63) is 66.6 Å². The van der Waals surface area contributed by atoms with E-state index < -0.39 is 6.09 Å². The van der Waals surface area contributed by atoms with Crippen molar-refractivity contribution in [1.82, 2.24) is 14.5 Å². The van der Waals surface area contributed by atoms with Crippen LogP contribution in [0.5, 0.6) is 11.6 Å². The molecule has 0 spiro atoms. The van der Waals surface area contributed by atoms with Gasteiger partial charge in [0.1, 0.15) is 17.9 Å². The molecule has 1 N–H and O–H groups in total. The van der Waals surface area contributed by atoms with Crippen LogP contribution in [0, 0.1) is 17.2 Å². The van der Waals surface area contributed by atoms with Crippen LogP contribution in [0.2, 0.25) is 0 Å². The largest absolute Gasteiger partial charge is 0.446 e. The van der Waals surface area contributed by atoms with Crippen molar-refractivity contribution in [2.45, 2.75) is 51.2 Å². The number of hydrogen-bond donors (Lipinski definition) is 1. The lowest BCUT2D eigenvalue weighted by Crippen LogP contribution is -2.21. The van der Waals surface area contributed by atoms with Gasteiger partial charge in [0.15, 0.2) is 0 Å². The standard InChI is InChI=1S/C29H27N5O3/c1-18(19-5-6-19)36-29(35)33-21-9-7-20(8-10-21)28-25(16-30)24-12-11-23(37-27-17-31-13-14-32-27)15-26(24)34(28)22-3-2-4-22/h7-15,17-19,22H,2-6H2,1H3,(H,33,35)/t18-/m1/s1. The Bertz CT molecular complexity index is 1480. The van der Waals surface area contributed by atoms with Crippen molar-refractivity contribution in [2.24, 2.45) is 5.92 Å².